The van der Waals surface area contributed by atoms with Crippen molar-refractivity contribution in [2.75, 3.05) is 24.5 Å². The van der Waals surface area contributed by atoms with Gasteiger partial charge in [-0.05, 0) is 56.4 Å². The number of nitrogens with zero attached hydrogens (tertiary/aromatic N) is 3. The number of anilines is 1. The van der Waals surface area contributed by atoms with Crippen molar-refractivity contribution in [3.8, 4) is 0 Å². The van der Waals surface area contributed by atoms with Crippen LogP contribution in [0.25, 0.3) is 10.2 Å². The zero-order valence-corrected chi connectivity index (χ0v) is 17.7. The Morgan fingerprint density at radius 2 is 1.89 bits per heavy atom. The third-order valence-electron chi connectivity index (χ3n) is 5.11. The van der Waals surface area contributed by atoms with Crippen molar-refractivity contribution in [1.29, 1.82) is 0 Å². The van der Waals surface area contributed by atoms with Crippen LogP contribution in [0, 0.1) is 13.8 Å². The highest BCUT2D eigenvalue weighted by Crippen LogP contribution is 2.36. The molecule has 0 spiro atoms. The molecule has 3 aromatic rings. The molecule has 2 aromatic heterocycles. The summed E-state index contributed by atoms with van der Waals surface area (Å²) in [4.78, 5) is 26.1. The van der Waals surface area contributed by atoms with Gasteiger partial charge in [0.25, 0.3) is 5.91 Å². The van der Waals surface area contributed by atoms with Crippen LogP contribution >= 0.6 is 22.9 Å². The summed E-state index contributed by atoms with van der Waals surface area (Å²) in [5.41, 5.74) is 2.13. The predicted molar refractivity (Wildman–Crippen MR) is 116 cm³/mol. The van der Waals surface area contributed by atoms with Gasteiger partial charge in [-0.1, -0.05) is 23.7 Å². The average molecular weight is 415 g/mol. The topological polar surface area (TPSA) is 58.1 Å². The molecule has 1 amide bonds. The second-order valence-corrected chi connectivity index (χ2v) is 8.59. The molecule has 1 aromatic carbocycles. The van der Waals surface area contributed by atoms with Crippen LogP contribution in [0.5, 0.6) is 0 Å². The first-order valence-electron chi connectivity index (χ1n) is 9.58. The van der Waals surface area contributed by atoms with Crippen LogP contribution in [0.1, 0.15) is 39.5 Å². The minimum atomic E-state index is -0.0421. The van der Waals surface area contributed by atoms with Gasteiger partial charge in [-0.25, -0.2) is 9.97 Å². The van der Waals surface area contributed by atoms with Crippen LogP contribution in [0.15, 0.2) is 24.3 Å². The number of benzene rings is 1. The molecule has 1 N–H and O–H groups in total. The summed E-state index contributed by atoms with van der Waals surface area (Å²) in [6.07, 6.45) is 3.14. The Hall–Kier alpha value is -2.18. The molecule has 0 unspecified atom stereocenters. The average Bonchev–Trinajstić information content (AvgIpc) is 3.31. The van der Waals surface area contributed by atoms with Crippen molar-refractivity contribution >= 4 is 44.9 Å². The largest absolute Gasteiger partial charge is 0.356 e. The second-order valence-electron chi connectivity index (χ2n) is 7.16. The first-order valence-corrected chi connectivity index (χ1v) is 10.8. The minimum Gasteiger partial charge on any atom is -0.356 e. The molecular weight excluding hydrogens is 392 g/mol. The highest BCUT2D eigenvalue weighted by Gasteiger charge is 2.24. The van der Waals surface area contributed by atoms with E-state index in [2.05, 4.69) is 15.2 Å². The summed E-state index contributed by atoms with van der Waals surface area (Å²) in [6, 6.07) is 7.71. The van der Waals surface area contributed by atoms with Gasteiger partial charge in [-0.15, -0.1) is 11.3 Å². The van der Waals surface area contributed by atoms with E-state index in [0.29, 0.717) is 6.54 Å². The number of carbonyl (C=O) groups is 1. The van der Waals surface area contributed by atoms with Crippen LogP contribution in [0.2, 0.25) is 5.02 Å². The number of nitrogens with one attached hydrogen (secondary N) is 1. The molecule has 0 bridgehead atoms. The molecule has 3 heterocycles. The lowest BCUT2D eigenvalue weighted by atomic mass is 10.1. The van der Waals surface area contributed by atoms with E-state index >= 15 is 0 Å². The molecule has 0 atom stereocenters. The van der Waals surface area contributed by atoms with Gasteiger partial charge >= 0.3 is 0 Å². The normalized spacial score (nSPS) is 14.0. The van der Waals surface area contributed by atoms with E-state index in [-0.39, 0.29) is 5.91 Å². The molecule has 28 heavy (non-hydrogen) atoms. The van der Waals surface area contributed by atoms with E-state index in [4.69, 9.17) is 16.6 Å². The summed E-state index contributed by atoms with van der Waals surface area (Å²) in [5.74, 6) is 1.69. The van der Waals surface area contributed by atoms with Gasteiger partial charge < -0.3 is 10.2 Å². The fourth-order valence-corrected chi connectivity index (χ4v) is 4.91. The molecular formula is C21H23ClN4OS. The zero-order chi connectivity index (χ0) is 19.7. The highest BCUT2D eigenvalue weighted by molar-refractivity contribution is 7.20. The zero-order valence-electron chi connectivity index (χ0n) is 16.1. The number of fused-ring (bicyclic) bond motifs is 1. The van der Waals surface area contributed by atoms with Crippen LogP contribution < -0.4 is 10.2 Å². The number of amides is 1. The fourth-order valence-electron chi connectivity index (χ4n) is 3.65. The van der Waals surface area contributed by atoms with Gasteiger partial charge in [-0.3, -0.25) is 4.79 Å². The molecule has 0 radical (unpaired) electrons. The molecule has 5 nitrogen and oxygen atoms in total. The van der Waals surface area contributed by atoms with Crippen LogP contribution in [-0.2, 0) is 6.42 Å². The maximum atomic E-state index is 12.8. The van der Waals surface area contributed by atoms with Gasteiger partial charge in [0.05, 0.1) is 10.3 Å². The van der Waals surface area contributed by atoms with Gasteiger partial charge in [-0.2, -0.15) is 0 Å². The Kier molecular flexibility index (Phi) is 5.51. The molecule has 146 valence electrons. The Balaban J connectivity index is 1.54. The quantitative estimate of drug-likeness (QED) is 0.666. The van der Waals surface area contributed by atoms with E-state index < -0.39 is 0 Å². The SMILES string of the molecule is Cc1nc(N2CCCC2)c2c(C)c(C(=O)NCCc3ccc(Cl)cc3)sc2n1. The molecule has 1 fully saturated rings. The summed E-state index contributed by atoms with van der Waals surface area (Å²) in [5, 5.41) is 4.79. The molecule has 1 aliphatic rings. The first-order chi connectivity index (χ1) is 13.5. The molecule has 1 saturated heterocycles. The third kappa shape index (κ3) is 3.84. The Bertz CT molecular complexity index is 1010. The van der Waals surface area contributed by atoms with Crippen molar-refractivity contribution in [1.82, 2.24) is 15.3 Å². The monoisotopic (exact) mass is 414 g/mol. The number of aromatic nitrogens is 2. The highest BCUT2D eigenvalue weighted by atomic mass is 35.5. The standard InChI is InChI=1S/C21H23ClN4OS/c1-13-17-19(26-11-3-4-12-26)24-14(2)25-21(17)28-18(13)20(27)23-10-9-15-5-7-16(22)8-6-15/h5-8H,3-4,9-12H2,1-2H3,(H,23,27). The Morgan fingerprint density at radius 3 is 2.61 bits per heavy atom. The third-order valence-corrected chi connectivity index (χ3v) is 6.54. The number of aryl methyl sites for hydroxylation is 2. The fraction of sp³-hybridized carbons (Fsp3) is 0.381. The smallest absolute Gasteiger partial charge is 0.261 e. The summed E-state index contributed by atoms with van der Waals surface area (Å²) in [6.45, 7) is 6.54. The van der Waals surface area contributed by atoms with Crippen molar-refractivity contribution in [3.05, 3.63) is 51.1 Å². The van der Waals surface area contributed by atoms with E-state index in [1.807, 2.05) is 38.1 Å². The van der Waals surface area contributed by atoms with Gasteiger partial charge in [0.1, 0.15) is 16.5 Å². The van der Waals surface area contributed by atoms with E-state index in [0.717, 1.165) is 62.4 Å². The molecule has 4 rings (SSSR count). The number of rotatable bonds is 5. The Labute approximate surface area is 173 Å². The number of halogens is 1. The van der Waals surface area contributed by atoms with Crippen molar-refractivity contribution in [2.24, 2.45) is 0 Å². The van der Waals surface area contributed by atoms with E-state index in [1.165, 1.54) is 24.2 Å². The molecule has 1 aliphatic heterocycles. The van der Waals surface area contributed by atoms with Gasteiger partial charge in [0, 0.05) is 24.7 Å². The maximum Gasteiger partial charge on any atom is 0.261 e. The molecule has 0 saturated carbocycles. The van der Waals surface area contributed by atoms with Gasteiger partial charge in [0.15, 0.2) is 0 Å². The lowest BCUT2D eigenvalue weighted by molar-refractivity contribution is 0.0957. The van der Waals surface area contributed by atoms with Crippen molar-refractivity contribution < 1.29 is 4.79 Å². The number of hydrogen-bond acceptors (Lipinski definition) is 5. The molecule has 7 heteroatoms. The van der Waals surface area contributed by atoms with Gasteiger partial charge in [0.2, 0.25) is 0 Å². The van der Waals surface area contributed by atoms with Crippen LogP contribution in [0.3, 0.4) is 0 Å². The summed E-state index contributed by atoms with van der Waals surface area (Å²) < 4.78 is 0. The van der Waals surface area contributed by atoms with Crippen LogP contribution in [-0.4, -0.2) is 35.5 Å². The first kappa shape index (κ1) is 19.2. The summed E-state index contributed by atoms with van der Waals surface area (Å²) >= 11 is 7.38. The number of thiophene rings is 1. The van der Waals surface area contributed by atoms with E-state index in [1.54, 1.807) is 0 Å². The molecule has 0 aliphatic carbocycles. The predicted octanol–water partition coefficient (Wildman–Crippen LogP) is 4.53. The number of carbonyl (C=O) groups excluding carboxylic acids is 1. The summed E-state index contributed by atoms with van der Waals surface area (Å²) in [7, 11) is 0. The van der Waals surface area contributed by atoms with Crippen molar-refractivity contribution in [2.45, 2.75) is 33.1 Å². The van der Waals surface area contributed by atoms with Crippen molar-refractivity contribution in [3.63, 3.8) is 0 Å². The lowest BCUT2D eigenvalue weighted by Gasteiger charge is -2.18. The number of hydrogen-bond donors (Lipinski definition) is 1. The maximum absolute atomic E-state index is 12.8. The Morgan fingerprint density at radius 1 is 1.18 bits per heavy atom. The second kappa shape index (κ2) is 8.05. The lowest BCUT2D eigenvalue weighted by Crippen LogP contribution is -2.25. The van der Waals surface area contributed by atoms with E-state index in [9.17, 15) is 4.79 Å². The van der Waals surface area contributed by atoms with Crippen LogP contribution in [0.4, 0.5) is 5.82 Å². The minimum absolute atomic E-state index is 0.0421.